The van der Waals surface area contributed by atoms with Crippen molar-refractivity contribution in [3.05, 3.63) is 110 Å². The molecule has 1 heterocycles. The molecule has 0 bridgehead atoms. The predicted molar refractivity (Wildman–Crippen MR) is 172 cm³/mol. The first-order valence-electron chi connectivity index (χ1n) is 14.1. The summed E-state index contributed by atoms with van der Waals surface area (Å²) in [5.74, 6) is -0.429. The molecule has 1 unspecified atom stereocenters. The van der Waals surface area contributed by atoms with E-state index in [1.54, 1.807) is 52.1 Å². The molecule has 0 spiro atoms. The summed E-state index contributed by atoms with van der Waals surface area (Å²) in [6.45, 7) is 5.14. The molecule has 0 saturated carbocycles. The number of anilines is 1. The van der Waals surface area contributed by atoms with Crippen LogP contribution in [0.3, 0.4) is 0 Å². The Morgan fingerprint density at radius 1 is 1.04 bits per heavy atom. The molecule has 45 heavy (non-hydrogen) atoms. The van der Waals surface area contributed by atoms with Crippen LogP contribution in [0.5, 0.6) is 5.75 Å². The number of Topliss-reactive ketones (excluding diaryl/α,β-unsaturated/α-hetero) is 1. The number of carbonyl (C=O) groups excluding carboxylic acids is 3. The SMILES string of the molecule is COc1ccc2cc(Br)ccc2c1CN1C(=O)[C@H](NC(=O)OC(C)(C)C)NC(C(=O)c2ccc([N+](=O)[O-])cc2)c2ccccc21. The molecular formula is C33H31BrN4O7. The van der Waals surface area contributed by atoms with Gasteiger partial charge in [-0.1, -0.05) is 46.3 Å². The number of nitro benzene ring substituents is 1. The second-order valence-electron chi connectivity index (χ2n) is 11.4. The number of ether oxygens (including phenoxy) is 2. The molecule has 2 N–H and O–H groups in total. The average Bonchev–Trinajstić information content (AvgIpc) is 3.10. The van der Waals surface area contributed by atoms with Crippen molar-refractivity contribution in [2.24, 2.45) is 0 Å². The van der Waals surface area contributed by atoms with Crippen molar-refractivity contribution in [3.63, 3.8) is 0 Å². The molecule has 232 valence electrons. The number of alkyl carbamates (subject to hydrolysis) is 1. The number of halogens is 1. The van der Waals surface area contributed by atoms with E-state index in [0.29, 0.717) is 17.0 Å². The lowest BCUT2D eigenvalue weighted by molar-refractivity contribution is -0.384. The number of nitro groups is 1. The smallest absolute Gasteiger partial charge is 0.409 e. The number of amides is 2. The van der Waals surface area contributed by atoms with Crippen LogP contribution in [0.4, 0.5) is 16.2 Å². The van der Waals surface area contributed by atoms with Crippen molar-refractivity contribution in [3.8, 4) is 5.75 Å². The van der Waals surface area contributed by atoms with Gasteiger partial charge < -0.3 is 14.4 Å². The zero-order valence-corrected chi connectivity index (χ0v) is 26.6. The zero-order chi connectivity index (χ0) is 32.5. The van der Waals surface area contributed by atoms with Crippen LogP contribution in [0, 0.1) is 10.1 Å². The standard InChI is InChI=1S/C33H31BrN4O7/c1-33(2,3)45-32(41)36-30-31(40)37(18-25-23-15-12-21(34)17-20(23)11-16-27(25)44-4)26-8-6-5-7-24(26)28(35-30)29(39)19-9-13-22(14-10-19)38(42)43/h5-17,28,30,35H,18H2,1-4H3,(H,36,41)/t28?,30-/m0/s1. The molecule has 12 heteroatoms. The fourth-order valence-electron chi connectivity index (χ4n) is 5.26. The molecule has 0 fully saturated rings. The number of hydrogen-bond acceptors (Lipinski definition) is 8. The number of fused-ring (bicyclic) bond motifs is 2. The number of rotatable bonds is 7. The highest BCUT2D eigenvalue weighted by Crippen LogP contribution is 2.37. The molecule has 2 atom stereocenters. The normalized spacial score (nSPS) is 16.5. The number of carbonyl (C=O) groups is 3. The number of nitrogens with zero attached hydrogens (tertiary/aromatic N) is 2. The van der Waals surface area contributed by atoms with E-state index in [9.17, 15) is 24.5 Å². The third-order valence-electron chi connectivity index (χ3n) is 7.26. The lowest BCUT2D eigenvalue weighted by Crippen LogP contribution is -2.56. The first-order valence-corrected chi connectivity index (χ1v) is 14.9. The Morgan fingerprint density at radius 3 is 2.42 bits per heavy atom. The largest absolute Gasteiger partial charge is 0.496 e. The van der Waals surface area contributed by atoms with Gasteiger partial charge in [0.25, 0.3) is 11.6 Å². The summed E-state index contributed by atoms with van der Waals surface area (Å²) in [4.78, 5) is 53.5. The van der Waals surface area contributed by atoms with Crippen LogP contribution in [-0.4, -0.2) is 41.6 Å². The van der Waals surface area contributed by atoms with Gasteiger partial charge in [-0.05, 0) is 67.9 Å². The van der Waals surface area contributed by atoms with E-state index >= 15 is 0 Å². The Hall–Kier alpha value is -4.81. The van der Waals surface area contributed by atoms with E-state index in [1.807, 2.05) is 30.3 Å². The van der Waals surface area contributed by atoms with Crippen molar-refractivity contribution in [1.82, 2.24) is 10.6 Å². The maximum atomic E-state index is 14.4. The third kappa shape index (κ3) is 6.81. The summed E-state index contributed by atoms with van der Waals surface area (Å²) in [5, 5.41) is 18.6. The van der Waals surface area contributed by atoms with Gasteiger partial charge in [-0.3, -0.25) is 30.3 Å². The molecule has 0 saturated heterocycles. The van der Waals surface area contributed by atoms with Crippen LogP contribution in [0.2, 0.25) is 0 Å². The minimum absolute atomic E-state index is 0.0462. The van der Waals surface area contributed by atoms with E-state index in [-0.39, 0.29) is 17.8 Å². The molecule has 1 aliphatic heterocycles. The van der Waals surface area contributed by atoms with Crippen molar-refractivity contribution < 1.29 is 28.8 Å². The Balaban J connectivity index is 1.63. The van der Waals surface area contributed by atoms with E-state index in [4.69, 9.17) is 9.47 Å². The molecule has 4 aromatic carbocycles. The Bertz CT molecular complexity index is 1800. The van der Waals surface area contributed by atoms with E-state index < -0.39 is 40.5 Å². The number of benzene rings is 4. The summed E-state index contributed by atoms with van der Waals surface area (Å²) >= 11 is 3.51. The molecule has 0 aliphatic carbocycles. The Morgan fingerprint density at radius 2 is 1.76 bits per heavy atom. The quantitative estimate of drug-likeness (QED) is 0.130. The maximum absolute atomic E-state index is 14.4. The van der Waals surface area contributed by atoms with E-state index in [1.165, 1.54) is 29.2 Å². The summed E-state index contributed by atoms with van der Waals surface area (Å²) in [6.07, 6.45) is -2.23. The van der Waals surface area contributed by atoms with Crippen molar-refractivity contribution in [1.29, 1.82) is 0 Å². The summed E-state index contributed by atoms with van der Waals surface area (Å²) in [6, 6.07) is 20.6. The number of hydrogen-bond donors (Lipinski definition) is 2. The number of nitrogens with one attached hydrogen (secondary N) is 2. The van der Waals surface area contributed by atoms with Crippen LogP contribution >= 0.6 is 15.9 Å². The highest BCUT2D eigenvalue weighted by atomic mass is 79.9. The monoisotopic (exact) mass is 674 g/mol. The van der Waals surface area contributed by atoms with Gasteiger partial charge in [-0.15, -0.1) is 0 Å². The average molecular weight is 676 g/mol. The minimum Gasteiger partial charge on any atom is -0.496 e. The number of ketones is 1. The molecule has 2 amide bonds. The molecule has 1 aliphatic rings. The molecule has 11 nitrogen and oxygen atoms in total. The van der Waals surface area contributed by atoms with Crippen molar-refractivity contribution in [2.45, 2.75) is 45.1 Å². The van der Waals surface area contributed by atoms with Gasteiger partial charge in [0.05, 0.1) is 18.6 Å². The van der Waals surface area contributed by atoms with E-state index in [0.717, 1.165) is 20.8 Å². The summed E-state index contributed by atoms with van der Waals surface area (Å²) < 4.78 is 12.0. The number of methoxy groups -OCH3 is 1. The van der Waals surface area contributed by atoms with Gasteiger partial charge in [0.15, 0.2) is 11.9 Å². The van der Waals surface area contributed by atoms with Crippen LogP contribution < -0.4 is 20.3 Å². The predicted octanol–water partition coefficient (Wildman–Crippen LogP) is 6.43. The van der Waals surface area contributed by atoms with Gasteiger partial charge in [0.2, 0.25) is 0 Å². The van der Waals surface area contributed by atoms with Crippen LogP contribution in [-0.2, 0) is 16.1 Å². The van der Waals surface area contributed by atoms with Gasteiger partial charge in [0.1, 0.15) is 17.4 Å². The molecular weight excluding hydrogens is 644 g/mol. The zero-order valence-electron chi connectivity index (χ0n) is 25.0. The van der Waals surface area contributed by atoms with Gasteiger partial charge in [-0.2, -0.15) is 0 Å². The fraction of sp³-hybridized carbons (Fsp3) is 0.242. The van der Waals surface area contributed by atoms with Gasteiger partial charge >= 0.3 is 6.09 Å². The molecule has 4 aromatic rings. The number of non-ortho nitro benzene ring substituents is 1. The van der Waals surface area contributed by atoms with Crippen LogP contribution in [0.15, 0.2) is 83.3 Å². The summed E-state index contributed by atoms with van der Waals surface area (Å²) in [5.41, 5.74) is 0.819. The maximum Gasteiger partial charge on any atom is 0.409 e. The molecule has 5 rings (SSSR count). The minimum atomic E-state index is -1.38. The number of para-hydroxylation sites is 1. The van der Waals surface area contributed by atoms with Gasteiger partial charge in [-0.25, -0.2) is 4.79 Å². The summed E-state index contributed by atoms with van der Waals surface area (Å²) in [7, 11) is 1.55. The first-order chi connectivity index (χ1) is 21.4. The molecule has 0 radical (unpaired) electrons. The topological polar surface area (TPSA) is 140 Å². The Labute approximate surface area is 267 Å². The second-order valence-corrected chi connectivity index (χ2v) is 12.4. The Kier molecular flexibility index (Phi) is 8.89. The first kappa shape index (κ1) is 31.6. The highest BCUT2D eigenvalue weighted by Gasteiger charge is 2.39. The van der Waals surface area contributed by atoms with E-state index in [2.05, 4.69) is 26.6 Å². The van der Waals surface area contributed by atoms with Crippen molar-refractivity contribution in [2.75, 3.05) is 12.0 Å². The fourth-order valence-corrected chi connectivity index (χ4v) is 5.64. The lowest BCUT2D eigenvalue weighted by atomic mass is 9.95. The third-order valence-corrected chi connectivity index (χ3v) is 7.75. The lowest BCUT2D eigenvalue weighted by Gasteiger charge is -2.28. The van der Waals surface area contributed by atoms with Crippen LogP contribution in [0.1, 0.15) is 48.3 Å². The van der Waals surface area contributed by atoms with Crippen LogP contribution in [0.25, 0.3) is 10.8 Å². The van der Waals surface area contributed by atoms with Gasteiger partial charge in [0, 0.05) is 39.0 Å². The van der Waals surface area contributed by atoms with Crippen molar-refractivity contribution >= 4 is 55.9 Å². The molecule has 0 aromatic heterocycles. The highest BCUT2D eigenvalue weighted by molar-refractivity contribution is 9.10. The second kappa shape index (κ2) is 12.7.